The Kier molecular flexibility index (Phi) is 6.61. The lowest BCUT2D eigenvalue weighted by molar-refractivity contribution is 0.0635. The van der Waals surface area contributed by atoms with Crippen LogP contribution < -0.4 is 9.47 Å². The lowest BCUT2D eigenvalue weighted by atomic mass is 9.82. The second kappa shape index (κ2) is 9.55. The summed E-state index contributed by atoms with van der Waals surface area (Å²) in [5.74, 6) is 1.96. The minimum absolute atomic E-state index is 0.0360. The van der Waals surface area contributed by atoms with Crippen LogP contribution in [-0.2, 0) is 6.42 Å². The molecule has 1 atom stereocenters. The normalized spacial score (nSPS) is 19.3. The third-order valence-electron chi connectivity index (χ3n) is 6.88. The van der Waals surface area contributed by atoms with Gasteiger partial charge in [-0.3, -0.25) is 4.79 Å². The van der Waals surface area contributed by atoms with Crippen LogP contribution >= 0.6 is 0 Å². The van der Waals surface area contributed by atoms with Crippen LogP contribution in [0.2, 0.25) is 0 Å². The van der Waals surface area contributed by atoms with Crippen LogP contribution in [0.4, 0.5) is 0 Å². The zero-order chi connectivity index (χ0) is 20.9. The molecule has 2 aromatic carbocycles. The first-order valence-electron chi connectivity index (χ1n) is 11.3. The number of hydrogen-bond donors (Lipinski definition) is 0. The molecule has 0 saturated heterocycles. The highest BCUT2D eigenvalue weighted by Crippen LogP contribution is 2.39. The van der Waals surface area contributed by atoms with Gasteiger partial charge in [0.25, 0.3) is 5.91 Å². The van der Waals surface area contributed by atoms with Gasteiger partial charge in [-0.05, 0) is 48.4 Å². The number of benzene rings is 2. The lowest BCUT2D eigenvalue weighted by Gasteiger charge is -2.38. The van der Waals surface area contributed by atoms with Crippen LogP contribution in [0.5, 0.6) is 11.5 Å². The number of para-hydroxylation sites is 1. The van der Waals surface area contributed by atoms with Crippen molar-refractivity contribution in [3.05, 3.63) is 59.2 Å². The van der Waals surface area contributed by atoms with Crippen molar-refractivity contribution in [2.45, 2.75) is 57.4 Å². The Labute approximate surface area is 180 Å². The van der Waals surface area contributed by atoms with E-state index in [0.717, 1.165) is 25.3 Å². The number of rotatable bonds is 6. The summed E-state index contributed by atoms with van der Waals surface area (Å²) in [7, 11) is 3.21. The summed E-state index contributed by atoms with van der Waals surface area (Å²) < 4.78 is 11.0. The summed E-state index contributed by atoms with van der Waals surface area (Å²) >= 11 is 0. The quantitative estimate of drug-likeness (QED) is 0.607. The third kappa shape index (κ3) is 4.19. The first-order chi connectivity index (χ1) is 14.7. The average Bonchev–Trinajstić information content (AvgIpc) is 2.82. The van der Waals surface area contributed by atoms with Crippen LogP contribution in [-0.4, -0.2) is 31.6 Å². The van der Waals surface area contributed by atoms with Gasteiger partial charge in [0.2, 0.25) is 0 Å². The van der Waals surface area contributed by atoms with Crippen LogP contribution in [0, 0.1) is 5.92 Å². The summed E-state index contributed by atoms with van der Waals surface area (Å²) in [5, 5.41) is 0. The van der Waals surface area contributed by atoms with Crippen molar-refractivity contribution in [3.63, 3.8) is 0 Å². The number of carbonyl (C=O) groups is 1. The van der Waals surface area contributed by atoms with Crippen molar-refractivity contribution < 1.29 is 14.3 Å². The van der Waals surface area contributed by atoms with Crippen molar-refractivity contribution in [2.75, 3.05) is 20.8 Å². The lowest BCUT2D eigenvalue weighted by Crippen LogP contribution is -2.40. The van der Waals surface area contributed by atoms with E-state index < -0.39 is 0 Å². The standard InChI is InChI=1S/C26H33NO3/c1-29-24-14-8-13-22(25(24)30-2)26(28)27-18-17-20-11-6-7-12-21(20)23(27)16-15-19-9-4-3-5-10-19/h6-8,11-14,19,23H,3-5,9-10,15-18H2,1-2H3. The van der Waals surface area contributed by atoms with Crippen LogP contribution in [0.15, 0.2) is 42.5 Å². The third-order valence-corrected chi connectivity index (χ3v) is 6.88. The summed E-state index contributed by atoms with van der Waals surface area (Å²) in [6.07, 6.45) is 9.89. The van der Waals surface area contributed by atoms with E-state index in [1.165, 1.54) is 49.7 Å². The molecule has 160 valence electrons. The van der Waals surface area contributed by atoms with E-state index in [9.17, 15) is 4.79 Å². The maximum atomic E-state index is 13.7. The molecule has 4 rings (SSSR count). The van der Waals surface area contributed by atoms with Crippen LogP contribution in [0.25, 0.3) is 0 Å². The molecule has 0 bridgehead atoms. The first-order valence-corrected chi connectivity index (χ1v) is 11.3. The topological polar surface area (TPSA) is 38.8 Å². The Bertz CT molecular complexity index is 872. The van der Waals surface area contributed by atoms with E-state index in [4.69, 9.17) is 9.47 Å². The number of amides is 1. The number of nitrogens with zero attached hydrogens (tertiary/aromatic N) is 1. The number of carbonyl (C=O) groups excluding carboxylic acids is 1. The Morgan fingerprint density at radius 2 is 1.77 bits per heavy atom. The van der Waals surface area contributed by atoms with Crippen molar-refractivity contribution >= 4 is 5.91 Å². The summed E-state index contributed by atoms with van der Waals surface area (Å²) in [4.78, 5) is 15.8. The van der Waals surface area contributed by atoms with Gasteiger partial charge in [-0.25, -0.2) is 0 Å². The SMILES string of the molecule is COc1cccc(C(=O)N2CCc3ccccc3C2CCC2CCCCC2)c1OC. The van der Waals surface area contributed by atoms with Gasteiger partial charge in [0.1, 0.15) is 0 Å². The number of fused-ring (bicyclic) bond motifs is 1. The fraction of sp³-hybridized carbons (Fsp3) is 0.500. The minimum atomic E-state index is 0.0360. The molecule has 0 N–H and O–H groups in total. The van der Waals surface area contributed by atoms with Crippen molar-refractivity contribution in [1.29, 1.82) is 0 Å². The predicted molar refractivity (Wildman–Crippen MR) is 119 cm³/mol. The zero-order valence-corrected chi connectivity index (χ0v) is 18.2. The fourth-order valence-corrected chi connectivity index (χ4v) is 5.29. The monoisotopic (exact) mass is 407 g/mol. The first kappa shape index (κ1) is 20.8. The van der Waals surface area contributed by atoms with Gasteiger partial charge in [0, 0.05) is 6.54 Å². The largest absolute Gasteiger partial charge is 0.493 e. The molecule has 0 aromatic heterocycles. The molecule has 1 aliphatic carbocycles. The van der Waals surface area contributed by atoms with E-state index in [-0.39, 0.29) is 11.9 Å². The van der Waals surface area contributed by atoms with Crippen molar-refractivity contribution in [2.24, 2.45) is 5.92 Å². The van der Waals surface area contributed by atoms with Gasteiger partial charge in [0.15, 0.2) is 11.5 Å². The number of hydrogen-bond acceptors (Lipinski definition) is 3. The molecule has 4 heteroatoms. The molecule has 1 aliphatic heterocycles. The van der Waals surface area contributed by atoms with Gasteiger partial charge in [-0.15, -0.1) is 0 Å². The van der Waals surface area contributed by atoms with E-state index in [2.05, 4.69) is 29.2 Å². The van der Waals surface area contributed by atoms with E-state index >= 15 is 0 Å². The summed E-state index contributed by atoms with van der Waals surface area (Å²) in [6, 6.07) is 14.3. The van der Waals surface area contributed by atoms with E-state index in [0.29, 0.717) is 17.1 Å². The Balaban J connectivity index is 1.62. The predicted octanol–water partition coefficient (Wildman–Crippen LogP) is 5.80. The van der Waals surface area contributed by atoms with E-state index in [1.807, 2.05) is 18.2 Å². The highest BCUT2D eigenvalue weighted by molar-refractivity contribution is 5.98. The van der Waals surface area contributed by atoms with Gasteiger partial charge >= 0.3 is 0 Å². The Morgan fingerprint density at radius 1 is 0.967 bits per heavy atom. The molecule has 1 heterocycles. The molecule has 0 radical (unpaired) electrons. The van der Waals surface area contributed by atoms with Gasteiger partial charge in [-0.1, -0.05) is 62.4 Å². The van der Waals surface area contributed by atoms with Crippen molar-refractivity contribution in [3.8, 4) is 11.5 Å². The maximum absolute atomic E-state index is 13.7. The maximum Gasteiger partial charge on any atom is 0.258 e. The Morgan fingerprint density at radius 3 is 2.53 bits per heavy atom. The molecule has 1 unspecified atom stereocenters. The van der Waals surface area contributed by atoms with E-state index in [1.54, 1.807) is 14.2 Å². The summed E-state index contributed by atoms with van der Waals surface area (Å²) in [5.41, 5.74) is 3.28. The van der Waals surface area contributed by atoms with Crippen LogP contribution in [0.3, 0.4) is 0 Å². The molecule has 0 spiro atoms. The molecule has 1 amide bonds. The molecule has 1 saturated carbocycles. The number of ether oxygens (including phenoxy) is 2. The van der Waals surface area contributed by atoms with Crippen LogP contribution in [0.1, 0.15) is 72.5 Å². The Hall–Kier alpha value is -2.49. The zero-order valence-electron chi connectivity index (χ0n) is 18.2. The summed E-state index contributed by atoms with van der Waals surface area (Å²) in [6.45, 7) is 0.742. The van der Waals surface area contributed by atoms with Crippen molar-refractivity contribution in [1.82, 2.24) is 4.90 Å². The molecule has 2 aromatic rings. The second-order valence-corrected chi connectivity index (χ2v) is 8.59. The molecule has 1 fully saturated rings. The highest BCUT2D eigenvalue weighted by Gasteiger charge is 2.33. The molecule has 30 heavy (non-hydrogen) atoms. The molecule has 2 aliphatic rings. The fourth-order valence-electron chi connectivity index (χ4n) is 5.29. The van der Waals surface area contributed by atoms with Gasteiger partial charge in [-0.2, -0.15) is 0 Å². The number of methoxy groups -OCH3 is 2. The average molecular weight is 408 g/mol. The van der Waals surface area contributed by atoms with Gasteiger partial charge < -0.3 is 14.4 Å². The minimum Gasteiger partial charge on any atom is -0.493 e. The highest BCUT2D eigenvalue weighted by atomic mass is 16.5. The molecular formula is C26H33NO3. The molecular weight excluding hydrogens is 374 g/mol. The van der Waals surface area contributed by atoms with Gasteiger partial charge in [0.05, 0.1) is 25.8 Å². The second-order valence-electron chi connectivity index (χ2n) is 8.59. The molecule has 4 nitrogen and oxygen atoms in total. The smallest absolute Gasteiger partial charge is 0.258 e.